The van der Waals surface area contributed by atoms with Crippen LogP contribution in [0.4, 0.5) is 0 Å². The molecule has 1 aromatic carbocycles. The molecule has 3 rings (SSSR count). The molecule has 2 aliphatic rings. The Balaban J connectivity index is 1.39. The van der Waals surface area contributed by atoms with E-state index in [9.17, 15) is 0 Å². The van der Waals surface area contributed by atoms with Crippen LogP contribution in [0.2, 0.25) is 0 Å². The first kappa shape index (κ1) is 15.1. The third-order valence-corrected chi connectivity index (χ3v) is 5.77. The average molecular weight is 286 g/mol. The van der Waals surface area contributed by atoms with Crippen molar-refractivity contribution in [3.8, 4) is 0 Å². The van der Waals surface area contributed by atoms with E-state index in [1.54, 1.807) is 0 Å². The Morgan fingerprint density at radius 1 is 0.810 bits per heavy atom. The van der Waals surface area contributed by atoms with Crippen LogP contribution in [-0.4, -0.2) is 6.10 Å². The molecule has 2 aliphatic carbocycles. The average Bonchev–Trinajstić information content (AvgIpc) is 2.55. The fraction of sp³-hybridized carbons (Fsp3) is 0.700. The van der Waals surface area contributed by atoms with E-state index in [-0.39, 0.29) is 0 Å². The van der Waals surface area contributed by atoms with Crippen LogP contribution in [0, 0.1) is 17.8 Å². The van der Waals surface area contributed by atoms with E-state index < -0.39 is 0 Å². The van der Waals surface area contributed by atoms with Crippen LogP contribution >= 0.6 is 0 Å². The second-order valence-corrected chi connectivity index (χ2v) is 7.35. The minimum Gasteiger partial charge on any atom is -0.374 e. The molecule has 1 nitrogen and oxygen atoms in total. The van der Waals surface area contributed by atoms with Crippen LogP contribution in [0.3, 0.4) is 0 Å². The molecule has 116 valence electrons. The molecule has 0 heterocycles. The summed E-state index contributed by atoms with van der Waals surface area (Å²) in [6, 6.07) is 10.6. The molecule has 0 unspecified atom stereocenters. The standard InChI is InChI=1S/C20H30O/c1-16-7-9-18(10-8-16)19-11-13-20(14-12-19)21-15-17-5-3-2-4-6-17/h2-6,16,18-20H,7-15H2,1H3. The quantitative estimate of drug-likeness (QED) is 0.701. The first-order chi connectivity index (χ1) is 10.3. The second kappa shape index (κ2) is 7.45. The molecule has 0 aliphatic heterocycles. The maximum atomic E-state index is 6.12. The summed E-state index contributed by atoms with van der Waals surface area (Å²) in [5.41, 5.74) is 1.31. The Hall–Kier alpha value is -0.820. The molecule has 2 fully saturated rings. The van der Waals surface area contributed by atoms with Gasteiger partial charge in [-0.3, -0.25) is 0 Å². The molecule has 1 aromatic rings. The Kier molecular flexibility index (Phi) is 5.35. The number of rotatable bonds is 4. The zero-order valence-corrected chi connectivity index (χ0v) is 13.5. The molecule has 0 aromatic heterocycles. The normalized spacial score (nSPS) is 33.8. The van der Waals surface area contributed by atoms with Crippen LogP contribution in [0.15, 0.2) is 30.3 Å². The van der Waals surface area contributed by atoms with Gasteiger partial charge in [-0.2, -0.15) is 0 Å². The highest BCUT2D eigenvalue weighted by molar-refractivity contribution is 5.13. The van der Waals surface area contributed by atoms with Gasteiger partial charge in [-0.25, -0.2) is 0 Å². The summed E-state index contributed by atoms with van der Waals surface area (Å²) in [6.45, 7) is 3.21. The van der Waals surface area contributed by atoms with Gasteiger partial charge in [0.2, 0.25) is 0 Å². The van der Waals surface area contributed by atoms with Crippen molar-refractivity contribution in [2.24, 2.45) is 17.8 Å². The molecule has 0 atom stereocenters. The fourth-order valence-electron chi connectivity index (χ4n) is 4.27. The fourth-order valence-corrected chi connectivity index (χ4v) is 4.27. The molecule has 21 heavy (non-hydrogen) atoms. The van der Waals surface area contributed by atoms with Gasteiger partial charge in [0.25, 0.3) is 0 Å². The zero-order chi connectivity index (χ0) is 14.5. The Bertz CT molecular complexity index is 397. The van der Waals surface area contributed by atoms with Crippen molar-refractivity contribution < 1.29 is 4.74 Å². The Morgan fingerprint density at radius 2 is 1.38 bits per heavy atom. The first-order valence-electron chi connectivity index (χ1n) is 8.97. The zero-order valence-electron chi connectivity index (χ0n) is 13.5. The molecule has 0 N–H and O–H groups in total. The monoisotopic (exact) mass is 286 g/mol. The Labute approximate surface area is 130 Å². The lowest BCUT2D eigenvalue weighted by atomic mass is 9.71. The van der Waals surface area contributed by atoms with Gasteiger partial charge in [-0.05, 0) is 61.8 Å². The van der Waals surface area contributed by atoms with Crippen molar-refractivity contribution in [1.82, 2.24) is 0 Å². The highest BCUT2D eigenvalue weighted by Gasteiger charge is 2.30. The van der Waals surface area contributed by atoms with Crippen LogP contribution in [0.1, 0.15) is 63.9 Å². The lowest BCUT2D eigenvalue weighted by Gasteiger charge is -2.37. The first-order valence-corrected chi connectivity index (χ1v) is 8.97. The lowest BCUT2D eigenvalue weighted by Crippen LogP contribution is -2.28. The molecule has 2 saturated carbocycles. The summed E-state index contributed by atoms with van der Waals surface area (Å²) >= 11 is 0. The third kappa shape index (κ3) is 4.32. The van der Waals surface area contributed by atoms with Crippen LogP contribution < -0.4 is 0 Å². The van der Waals surface area contributed by atoms with Crippen molar-refractivity contribution >= 4 is 0 Å². The number of hydrogen-bond acceptors (Lipinski definition) is 1. The van der Waals surface area contributed by atoms with Crippen molar-refractivity contribution in [2.45, 2.75) is 71.0 Å². The predicted octanol–water partition coefficient (Wildman–Crippen LogP) is 5.59. The second-order valence-electron chi connectivity index (χ2n) is 7.35. The Morgan fingerprint density at radius 3 is 2.00 bits per heavy atom. The molecule has 0 radical (unpaired) electrons. The van der Waals surface area contributed by atoms with E-state index in [0.717, 1.165) is 24.4 Å². The molecule has 0 spiro atoms. The van der Waals surface area contributed by atoms with E-state index >= 15 is 0 Å². The lowest BCUT2D eigenvalue weighted by molar-refractivity contribution is -0.00254. The van der Waals surface area contributed by atoms with E-state index in [2.05, 4.69) is 37.3 Å². The summed E-state index contributed by atoms with van der Waals surface area (Å²) in [7, 11) is 0. The van der Waals surface area contributed by atoms with Gasteiger partial charge >= 0.3 is 0 Å². The van der Waals surface area contributed by atoms with Gasteiger partial charge < -0.3 is 4.74 Å². The van der Waals surface area contributed by atoms with E-state index in [4.69, 9.17) is 4.74 Å². The molecular weight excluding hydrogens is 256 g/mol. The van der Waals surface area contributed by atoms with Crippen molar-refractivity contribution in [3.05, 3.63) is 35.9 Å². The van der Waals surface area contributed by atoms with E-state index in [1.807, 2.05) is 0 Å². The van der Waals surface area contributed by atoms with Gasteiger partial charge in [-0.1, -0.05) is 50.1 Å². The molecule has 1 heteroatoms. The van der Waals surface area contributed by atoms with E-state index in [0.29, 0.717) is 6.10 Å². The van der Waals surface area contributed by atoms with Gasteiger partial charge in [0, 0.05) is 0 Å². The smallest absolute Gasteiger partial charge is 0.0720 e. The summed E-state index contributed by atoms with van der Waals surface area (Å²) < 4.78 is 6.12. The molecule has 0 amide bonds. The summed E-state index contributed by atoms with van der Waals surface area (Å²) in [5, 5.41) is 0. The number of hydrogen-bond donors (Lipinski definition) is 0. The van der Waals surface area contributed by atoms with E-state index in [1.165, 1.54) is 56.9 Å². The topological polar surface area (TPSA) is 9.23 Å². The highest BCUT2D eigenvalue weighted by atomic mass is 16.5. The van der Waals surface area contributed by atoms with Crippen molar-refractivity contribution in [2.75, 3.05) is 0 Å². The van der Waals surface area contributed by atoms with Gasteiger partial charge in [0.15, 0.2) is 0 Å². The largest absolute Gasteiger partial charge is 0.374 e. The van der Waals surface area contributed by atoms with Gasteiger partial charge in [0.1, 0.15) is 0 Å². The highest BCUT2D eigenvalue weighted by Crippen LogP contribution is 2.40. The van der Waals surface area contributed by atoms with Crippen LogP contribution in [-0.2, 0) is 11.3 Å². The maximum absolute atomic E-state index is 6.12. The van der Waals surface area contributed by atoms with Gasteiger partial charge in [0.05, 0.1) is 12.7 Å². The number of benzene rings is 1. The minimum atomic E-state index is 0.504. The molecule has 0 bridgehead atoms. The molecular formula is C20H30O. The van der Waals surface area contributed by atoms with Crippen molar-refractivity contribution in [1.29, 1.82) is 0 Å². The molecule has 0 saturated heterocycles. The minimum absolute atomic E-state index is 0.504. The maximum Gasteiger partial charge on any atom is 0.0720 e. The predicted molar refractivity (Wildman–Crippen MR) is 88.1 cm³/mol. The summed E-state index contributed by atoms with van der Waals surface area (Å²) in [6.07, 6.45) is 11.8. The van der Waals surface area contributed by atoms with Crippen LogP contribution in [0.25, 0.3) is 0 Å². The van der Waals surface area contributed by atoms with Crippen molar-refractivity contribution in [3.63, 3.8) is 0 Å². The van der Waals surface area contributed by atoms with Gasteiger partial charge in [-0.15, -0.1) is 0 Å². The summed E-state index contributed by atoms with van der Waals surface area (Å²) in [5.74, 6) is 3.00. The SMILES string of the molecule is CC1CCC(C2CCC(OCc3ccccc3)CC2)CC1. The van der Waals surface area contributed by atoms with Crippen LogP contribution in [0.5, 0.6) is 0 Å². The summed E-state index contributed by atoms with van der Waals surface area (Å²) in [4.78, 5) is 0. The number of ether oxygens (including phenoxy) is 1. The third-order valence-electron chi connectivity index (χ3n) is 5.77.